The van der Waals surface area contributed by atoms with Crippen molar-refractivity contribution < 1.29 is 9.53 Å². The minimum Gasteiger partial charge on any atom is -0.383 e. The number of benzene rings is 1. The number of hydrogen-bond acceptors (Lipinski definition) is 6. The average molecular weight is 428 g/mol. The van der Waals surface area contributed by atoms with Gasteiger partial charge in [0.1, 0.15) is 0 Å². The van der Waals surface area contributed by atoms with Crippen molar-refractivity contribution in [2.75, 3.05) is 19.5 Å². The number of carbonyl (C=O) groups is 1. The van der Waals surface area contributed by atoms with Crippen molar-refractivity contribution in [1.29, 1.82) is 0 Å². The summed E-state index contributed by atoms with van der Waals surface area (Å²) >= 11 is 14.5. The summed E-state index contributed by atoms with van der Waals surface area (Å²) in [7, 11) is 1.64. The zero-order valence-corrected chi connectivity index (χ0v) is 17.0. The molecule has 9 heteroatoms. The molecule has 0 N–H and O–H groups in total. The SMILES string of the molecule is COCCn1c(SCC(=O)c2ccc(Cl)s2)nnc1-c1ccc(Cl)cc1. The van der Waals surface area contributed by atoms with Crippen molar-refractivity contribution in [2.45, 2.75) is 11.7 Å². The Bertz CT molecular complexity index is 894. The molecule has 0 fully saturated rings. The molecule has 136 valence electrons. The lowest BCUT2D eigenvalue weighted by atomic mass is 10.2. The van der Waals surface area contributed by atoms with Gasteiger partial charge in [-0.25, -0.2) is 0 Å². The number of ketones is 1. The summed E-state index contributed by atoms with van der Waals surface area (Å²) < 4.78 is 7.74. The molecule has 26 heavy (non-hydrogen) atoms. The number of methoxy groups -OCH3 is 1. The van der Waals surface area contributed by atoms with E-state index in [9.17, 15) is 4.79 Å². The molecule has 5 nitrogen and oxygen atoms in total. The zero-order chi connectivity index (χ0) is 18.5. The van der Waals surface area contributed by atoms with E-state index < -0.39 is 0 Å². The highest BCUT2D eigenvalue weighted by Gasteiger charge is 2.17. The Kier molecular flexibility index (Phi) is 6.72. The molecule has 3 aromatic rings. The van der Waals surface area contributed by atoms with Gasteiger partial charge in [-0.3, -0.25) is 9.36 Å². The van der Waals surface area contributed by atoms with Crippen LogP contribution < -0.4 is 0 Å². The van der Waals surface area contributed by atoms with Gasteiger partial charge in [-0.15, -0.1) is 21.5 Å². The summed E-state index contributed by atoms with van der Waals surface area (Å²) in [6.07, 6.45) is 0. The van der Waals surface area contributed by atoms with Crippen LogP contribution >= 0.6 is 46.3 Å². The molecule has 2 heterocycles. The van der Waals surface area contributed by atoms with Gasteiger partial charge in [0.15, 0.2) is 16.8 Å². The molecule has 3 rings (SSSR count). The number of Topliss-reactive ketones (excluding diaryl/α,β-unsaturated/α-hetero) is 1. The second-order valence-electron chi connectivity index (χ2n) is 5.27. The third-order valence-corrected chi connectivity index (χ3v) is 6.01. The van der Waals surface area contributed by atoms with Crippen molar-refractivity contribution in [1.82, 2.24) is 14.8 Å². The summed E-state index contributed by atoms with van der Waals surface area (Å²) in [5, 5.41) is 9.87. The number of rotatable bonds is 8. The van der Waals surface area contributed by atoms with E-state index >= 15 is 0 Å². The van der Waals surface area contributed by atoms with E-state index in [1.807, 2.05) is 28.8 Å². The standard InChI is InChI=1S/C17H15Cl2N3O2S2/c1-24-9-8-22-16(11-2-4-12(18)5-3-11)20-21-17(22)25-10-13(23)14-6-7-15(19)26-14/h2-7H,8-10H2,1H3. The number of carbonyl (C=O) groups excluding carboxylic acids is 1. The molecular formula is C17H15Cl2N3O2S2. The number of nitrogens with zero attached hydrogens (tertiary/aromatic N) is 3. The molecule has 0 saturated heterocycles. The van der Waals surface area contributed by atoms with Gasteiger partial charge in [-0.05, 0) is 36.4 Å². The van der Waals surface area contributed by atoms with Gasteiger partial charge in [0.2, 0.25) is 0 Å². The molecule has 0 aliphatic heterocycles. The predicted octanol–water partition coefficient (Wildman–Crippen LogP) is 4.93. The van der Waals surface area contributed by atoms with E-state index in [2.05, 4.69) is 10.2 Å². The number of ether oxygens (including phenoxy) is 1. The van der Waals surface area contributed by atoms with Crippen LogP contribution in [0.25, 0.3) is 11.4 Å². The summed E-state index contributed by atoms with van der Waals surface area (Å²) in [5.74, 6) is 0.997. The lowest BCUT2D eigenvalue weighted by molar-refractivity contribution is 0.102. The summed E-state index contributed by atoms with van der Waals surface area (Å²) in [4.78, 5) is 12.9. The van der Waals surface area contributed by atoms with Crippen LogP contribution in [0.1, 0.15) is 9.67 Å². The van der Waals surface area contributed by atoms with Crippen molar-refractivity contribution in [3.05, 3.63) is 50.6 Å². The van der Waals surface area contributed by atoms with Gasteiger partial charge < -0.3 is 4.74 Å². The molecule has 0 radical (unpaired) electrons. The van der Waals surface area contributed by atoms with Crippen LogP contribution in [0.2, 0.25) is 9.36 Å². The molecule has 0 bridgehead atoms. The van der Waals surface area contributed by atoms with Gasteiger partial charge in [0, 0.05) is 17.7 Å². The topological polar surface area (TPSA) is 57.0 Å². The minimum atomic E-state index is 0.0150. The van der Waals surface area contributed by atoms with E-state index in [0.717, 1.165) is 5.56 Å². The number of hydrogen-bond donors (Lipinski definition) is 0. The van der Waals surface area contributed by atoms with E-state index in [1.54, 1.807) is 19.2 Å². The summed E-state index contributed by atoms with van der Waals surface area (Å²) in [5.41, 5.74) is 0.904. The number of aromatic nitrogens is 3. The smallest absolute Gasteiger partial charge is 0.192 e. The van der Waals surface area contributed by atoms with Crippen LogP contribution in [0, 0.1) is 0 Å². The van der Waals surface area contributed by atoms with E-state index in [1.165, 1.54) is 23.1 Å². The number of thioether (sulfide) groups is 1. The molecular weight excluding hydrogens is 413 g/mol. The first-order valence-corrected chi connectivity index (χ1v) is 10.2. The first-order valence-electron chi connectivity index (χ1n) is 7.68. The third kappa shape index (κ3) is 4.66. The fourth-order valence-corrected chi connectivity index (χ4v) is 4.30. The van der Waals surface area contributed by atoms with Gasteiger partial charge in [0.25, 0.3) is 0 Å². The highest BCUT2D eigenvalue weighted by Crippen LogP contribution is 2.27. The molecule has 0 unspecified atom stereocenters. The second-order valence-corrected chi connectivity index (χ2v) is 8.37. The van der Waals surface area contributed by atoms with Crippen LogP contribution in [-0.2, 0) is 11.3 Å². The van der Waals surface area contributed by atoms with Crippen molar-refractivity contribution in [2.24, 2.45) is 0 Å². The Morgan fingerprint density at radius 2 is 1.96 bits per heavy atom. The molecule has 0 amide bonds. The quantitative estimate of drug-likeness (QED) is 0.376. The maximum Gasteiger partial charge on any atom is 0.192 e. The third-order valence-electron chi connectivity index (χ3n) is 3.52. The normalized spacial score (nSPS) is 11.0. The number of halogens is 2. The summed E-state index contributed by atoms with van der Waals surface area (Å²) in [6, 6.07) is 10.9. The van der Waals surface area contributed by atoms with Crippen LogP contribution in [0.3, 0.4) is 0 Å². The van der Waals surface area contributed by atoms with Crippen molar-refractivity contribution in [3.63, 3.8) is 0 Å². The van der Waals surface area contributed by atoms with Gasteiger partial charge in [-0.2, -0.15) is 0 Å². The van der Waals surface area contributed by atoms with Gasteiger partial charge in [-0.1, -0.05) is 35.0 Å². The molecule has 0 spiro atoms. The maximum atomic E-state index is 12.3. The molecule has 0 atom stereocenters. The predicted molar refractivity (Wildman–Crippen MR) is 107 cm³/mol. The van der Waals surface area contributed by atoms with Gasteiger partial charge >= 0.3 is 0 Å². The van der Waals surface area contributed by atoms with E-state index in [0.29, 0.717) is 38.4 Å². The van der Waals surface area contributed by atoms with Crippen molar-refractivity contribution >= 4 is 52.1 Å². The zero-order valence-electron chi connectivity index (χ0n) is 13.8. The monoisotopic (exact) mass is 427 g/mol. The van der Waals surface area contributed by atoms with Crippen LogP contribution in [0.4, 0.5) is 0 Å². The molecule has 0 aliphatic rings. The largest absolute Gasteiger partial charge is 0.383 e. The minimum absolute atomic E-state index is 0.0150. The van der Waals surface area contributed by atoms with E-state index in [4.69, 9.17) is 27.9 Å². The highest BCUT2D eigenvalue weighted by atomic mass is 35.5. The van der Waals surface area contributed by atoms with Crippen LogP contribution in [-0.4, -0.2) is 40.0 Å². The van der Waals surface area contributed by atoms with E-state index in [-0.39, 0.29) is 11.5 Å². The average Bonchev–Trinajstić information content (AvgIpc) is 3.25. The fraction of sp³-hybridized carbons (Fsp3) is 0.235. The molecule has 2 aromatic heterocycles. The Balaban J connectivity index is 1.80. The first-order chi connectivity index (χ1) is 12.6. The maximum absolute atomic E-state index is 12.3. The van der Waals surface area contributed by atoms with Crippen LogP contribution in [0.5, 0.6) is 0 Å². The lowest BCUT2D eigenvalue weighted by Crippen LogP contribution is -2.09. The Hall–Kier alpha value is -1.38. The Morgan fingerprint density at radius 1 is 1.19 bits per heavy atom. The Morgan fingerprint density at radius 3 is 2.62 bits per heavy atom. The number of thiophene rings is 1. The molecule has 0 aliphatic carbocycles. The van der Waals surface area contributed by atoms with Crippen LogP contribution in [0.15, 0.2) is 41.6 Å². The molecule has 1 aromatic carbocycles. The highest BCUT2D eigenvalue weighted by molar-refractivity contribution is 7.99. The first kappa shape index (κ1) is 19.4. The summed E-state index contributed by atoms with van der Waals surface area (Å²) in [6.45, 7) is 1.10. The van der Waals surface area contributed by atoms with Crippen molar-refractivity contribution in [3.8, 4) is 11.4 Å². The second kappa shape index (κ2) is 9.01. The van der Waals surface area contributed by atoms with Gasteiger partial charge in [0.05, 0.1) is 28.1 Å². The molecule has 0 saturated carbocycles. The Labute approximate surface area is 169 Å². The lowest BCUT2D eigenvalue weighted by Gasteiger charge is -2.09. The fourth-order valence-electron chi connectivity index (χ4n) is 2.26.